The number of esters is 2. The molecule has 0 saturated carbocycles. The second kappa shape index (κ2) is 8.01. The van der Waals surface area contributed by atoms with Gasteiger partial charge < -0.3 is 9.47 Å². The molecule has 138 valence electrons. The van der Waals surface area contributed by atoms with E-state index >= 15 is 0 Å². The first-order chi connectivity index (χ1) is 12.3. The summed E-state index contributed by atoms with van der Waals surface area (Å²) in [4.78, 5) is 23.0. The molecular weight excluding hydrogens is 358 g/mol. The van der Waals surface area contributed by atoms with Gasteiger partial charge in [0, 0.05) is 0 Å². The van der Waals surface area contributed by atoms with Gasteiger partial charge in [0.1, 0.15) is 0 Å². The predicted octanol–water partition coefficient (Wildman–Crippen LogP) is 2.51. The number of anilines is 1. The van der Waals surface area contributed by atoms with E-state index in [0.717, 1.165) is 0 Å². The standard InChI is InChI=1S/C18H19NO6S/c1-12-4-7-15(18(21)25-3)10-16(12)19-26(22,23)11-13-5-8-14(9-6-13)17(20)24-2/h4-10,19H,11H2,1-3H3. The molecule has 7 nitrogen and oxygen atoms in total. The summed E-state index contributed by atoms with van der Waals surface area (Å²) >= 11 is 0. The fraction of sp³-hybridized carbons (Fsp3) is 0.222. The quantitative estimate of drug-likeness (QED) is 0.777. The first-order valence-corrected chi connectivity index (χ1v) is 9.27. The van der Waals surface area contributed by atoms with Crippen molar-refractivity contribution in [2.24, 2.45) is 0 Å². The van der Waals surface area contributed by atoms with Crippen molar-refractivity contribution in [2.45, 2.75) is 12.7 Å². The molecule has 0 fully saturated rings. The summed E-state index contributed by atoms with van der Waals surface area (Å²) in [5, 5.41) is 0. The summed E-state index contributed by atoms with van der Waals surface area (Å²) in [7, 11) is -1.19. The van der Waals surface area contributed by atoms with Gasteiger partial charge in [-0.3, -0.25) is 4.72 Å². The van der Waals surface area contributed by atoms with E-state index in [1.807, 2.05) is 0 Å². The van der Waals surface area contributed by atoms with Crippen molar-refractivity contribution in [2.75, 3.05) is 18.9 Å². The van der Waals surface area contributed by atoms with Gasteiger partial charge in [0.15, 0.2) is 0 Å². The number of sulfonamides is 1. The first kappa shape index (κ1) is 19.5. The van der Waals surface area contributed by atoms with Crippen LogP contribution in [0.2, 0.25) is 0 Å². The number of carbonyl (C=O) groups is 2. The minimum atomic E-state index is -3.72. The molecule has 0 aliphatic heterocycles. The second-order valence-corrected chi connectivity index (χ2v) is 7.29. The van der Waals surface area contributed by atoms with Crippen LogP contribution in [0, 0.1) is 6.92 Å². The average Bonchev–Trinajstić information content (AvgIpc) is 2.62. The Hall–Kier alpha value is -2.87. The zero-order valence-electron chi connectivity index (χ0n) is 14.6. The van der Waals surface area contributed by atoms with Crippen molar-refractivity contribution in [3.05, 3.63) is 64.7 Å². The van der Waals surface area contributed by atoms with Crippen LogP contribution in [0.5, 0.6) is 0 Å². The smallest absolute Gasteiger partial charge is 0.337 e. The van der Waals surface area contributed by atoms with E-state index in [-0.39, 0.29) is 11.3 Å². The Morgan fingerprint density at radius 2 is 1.46 bits per heavy atom. The van der Waals surface area contributed by atoms with Crippen LogP contribution in [0.4, 0.5) is 5.69 Å². The third-order valence-corrected chi connectivity index (χ3v) is 4.90. The second-order valence-electron chi connectivity index (χ2n) is 5.57. The Bertz CT molecular complexity index is 919. The fourth-order valence-corrected chi connectivity index (χ4v) is 3.51. The normalized spacial score (nSPS) is 10.9. The number of aryl methyl sites for hydroxylation is 1. The van der Waals surface area contributed by atoms with Gasteiger partial charge in [-0.2, -0.15) is 0 Å². The Morgan fingerprint density at radius 3 is 2.04 bits per heavy atom. The van der Waals surface area contributed by atoms with E-state index in [0.29, 0.717) is 22.4 Å². The summed E-state index contributed by atoms with van der Waals surface area (Å²) in [5.74, 6) is -1.33. The Labute approximate surface area is 152 Å². The van der Waals surface area contributed by atoms with Gasteiger partial charge in [-0.15, -0.1) is 0 Å². The molecular formula is C18H19NO6S. The number of rotatable bonds is 6. The van der Waals surface area contributed by atoms with Crippen molar-refractivity contribution >= 4 is 27.6 Å². The van der Waals surface area contributed by atoms with Crippen LogP contribution in [0.3, 0.4) is 0 Å². The SMILES string of the molecule is COC(=O)c1ccc(CS(=O)(=O)Nc2cc(C(=O)OC)ccc2C)cc1. The minimum absolute atomic E-state index is 0.248. The summed E-state index contributed by atoms with van der Waals surface area (Å²) < 4.78 is 36.6. The molecule has 0 atom stereocenters. The third kappa shape index (κ3) is 4.82. The average molecular weight is 377 g/mol. The molecule has 1 N–H and O–H groups in total. The van der Waals surface area contributed by atoms with Gasteiger partial charge in [0.2, 0.25) is 10.0 Å². The Kier molecular flexibility index (Phi) is 5.99. The molecule has 26 heavy (non-hydrogen) atoms. The summed E-state index contributed by atoms with van der Waals surface area (Å²) in [6.45, 7) is 1.73. The molecule has 0 aromatic heterocycles. The lowest BCUT2D eigenvalue weighted by atomic mass is 10.1. The van der Waals surface area contributed by atoms with Gasteiger partial charge in [0.05, 0.1) is 36.8 Å². The van der Waals surface area contributed by atoms with Gasteiger partial charge in [-0.1, -0.05) is 18.2 Å². The van der Waals surface area contributed by atoms with Gasteiger partial charge in [0.25, 0.3) is 0 Å². The molecule has 0 heterocycles. The maximum Gasteiger partial charge on any atom is 0.337 e. The van der Waals surface area contributed by atoms with Gasteiger partial charge in [-0.25, -0.2) is 18.0 Å². The number of ether oxygens (including phenoxy) is 2. The van der Waals surface area contributed by atoms with E-state index < -0.39 is 22.0 Å². The summed E-state index contributed by atoms with van der Waals surface area (Å²) in [6, 6.07) is 10.7. The number of hydrogen-bond acceptors (Lipinski definition) is 6. The Balaban J connectivity index is 2.18. The monoisotopic (exact) mass is 377 g/mol. The number of methoxy groups -OCH3 is 2. The van der Waals surface area contributed by atoms with Crippen molar-refractivity contribution in [1.82, 2.24) is 0 Å². The molecule has 2 aromatic rings. The lowest BCUT2D eigenvalue weighted by molar-refractivity contribution is 0.0592. The van der Waals surface area contributed by atoms with E-state index in [1.54, 1.807) is 31.2 Å². The highest BCUT2D eigenvalue weighted by Crippen LogP contribution is 2.20. The van der Waals surface area contributed by atoms with E-state index in [1.165, 1.54) is 32.4 Å². The van der Waals surface area contributed by atoms with Crippen molar-refractivity contribution < 1.29 is 27.5 Å². The van der Waals surface area contributed by atoms with Crippen LogP contribution < -0.4 is 4.72 Å². The number of hydrogen-bond donors (Lipinski definition) is 1. The first-order valence-electron chi connectivity index (χ1n) is 7.62. The van der Waals surface area contributed by atoms with Gasteiger partial charge >= 0.3 is 11.9 Å². The zero-order valence-corrected chi connectivity index (χ0v) is 15.4. The molecule has 8 heteroatoms. The predicted molar refractivity (Wildman–Crippen MR) is 96.5 cm³/mol. The largest absolute Gasteiger partial charge is 0.465 e. The molecule has 0 aliphatic rings. The molecule has 2 aromatic carbocycles. The van der Waals surface area contributed by atoms with Crippen LogP contribution >= 0.6 is 0 Å². The summed E-state index contributed by atoms with van der Waals surface area (Å²) in [5.41, 5.74) is 2.06. The molecule has 0 amide bonds. The minimum Gasteiger partial charge on any atom is -0.465 e. The van der Waals surface area contributed by atoms with Crippen LogP contribution in [0.1, 0.15) is 31.8 Å². The maximum atomic E-state index is 12.4. The van der Waals surface area contributed by atoms with E-state index in [9.17, 15) is 18.0 Å². The van der Waals surface area contributed by atoms with Crippen LogP contribution in [0.15, 0.2) is 42.5 Å². The number of benzene rings is 2. The van der Waals surface area contributed by atoms with Crippen molar-refractivity contribution in [3.8, 4) is 0 Å². The lowest BCUT2D eigenvalue weighted by Gasteiger charge is -2.12. The zero-order chi connectivity index (χ0) is 19.3. The molecule has 0 bridgehead atoms. The molecule has 0 unspecified atom stereocenters. The lowest BCUT2D eigenvalue weighted by Crippen LogP contribution is -2.16. The molecule has 2 rings (SSSR count). The topological polar surface area (TPSA) is 98.8 Å². The number of nitrogens with one attached hydrogen (secondary N) is 1. The third-order valence-electron chi connectivity index (χ3n) is 3.66. The van der Waals surface area contributed by atoms with E-state index in [4.69, 9.17) is 0 Å². The molecule has 0 saturated heterocycles. The highest BCUT2D eigenvalue weighted by Gasteiger charge is 2.16. The highest BCUT2D eigenvalue weighted by molar-refractivity contribution is 7.91. The van der Waals surface area contributed by atoms with Crippen molar-refractivity contribution in [1.29, 1.82) is 0 Å². The number of carbonyl (C=O) groups excluding carboxylic acids is 2. The maximum absolute atomic E-state index is 12.4. The van der Waals surface area contributed by atoms with Crippen LogP contribution in [-0.2, 0) is 25.2 Å². The van der Waals surface area contributed by atoms with Crippen LogP contribution in [0.25, 0.3) is 0 Å². The molecule has 0 aliphatic carbocycles. The van der Waals surface area contributed by atoms with Crippen molar-refractivity contribution in [3.63, 3.8) is 0 Å². The highest BCUT2D eigenvalue weighted by atomic mass is 32.2. The fourth-order valence-electron chi connectivity index (χ4n) is 2.25. The molecule has 0 spiro atoms. The van der Waals surface area contributed by atoms with E-state index in [2.05, 4.69) is 14.2 Å². The van der Waals surface area contributed by atoms with Crippen LogP contribution in [-0.4, -0.2) is 34.6 Å². The van der Waals surface area contributed by atoms with Gasteiger partial charge in [-0.05, 0) is 42.3 Å². The molecule has 0 radical (unpaired) electrons. The summed E-state index contributed by atoms with van der Waals surface area (Å²) in [6.07, 6.45) is 0. The Morgan fingerprint density at radius 1 is 0.923 bits per heavy atom.